The van der Waals surface area contributed by atoms with Gasteiger partial charge in [0.1, 0.15) is 17.4 Å². The number of oxime groups is 1. The lowest BCUT2D eigenvalue weighted by atomic mass is 9.94. The van der Waals surface area contributed by atoms with Gasteiger partial charge in [-0.1, -0.05) is 5.16 Å². The van der Waals surface area contributed by atoms with Crippen molar-refractivity contribution in [3.63, 3.8) is 0 Å². The molecule has 2 heterocycles. The summed E-state index contributed by atoms with van der Waals surface area (Å²) in [5, 5.41) is 14.7. The topological polar surface area (TPSA) is 111 Å². The van der Waals surface area contributed by atoms with Crippen molar-refractivity contribution >= 4 is 28.9 Å². The van der Waals surface area contributed by atoms with Gasteiger partial charge in [0.05, 0.1) is 17.7 Å². The molecule has 2 aliphatic rings. The molecule has 9 nitrogen and oxygen atoms in total. The van der Waals surface area contributed by atoms with Gasteiger partial charge < -0.3 is 9.57 Å². The fourth-order valence-electron chi connectivity index (χ4n) is 3.16. The van der Waals surface area contributed by atoms with E-state index >= 15 is 0 Å². The van der Waals surface area contributed by atoms with Crippen LogP contribution in [0.3, 0.4) is 0 Å². The number of benzene rings is 2. The zero-order valence-corrected chi connectivity index (χ0v) is 14.1. The van der Waals surface area contributed by atoms with Gasteiger partial charge in [-0.25, -0.2) is 4.90 Å². The summed E-state index contributed by atoms with van der Waals surface area (Å²) < 4.78 is 5.08. The maximum atomic E-state index is 12.9. The van der Waals surface area contributed by atoms with Crippen molar-refractivity contribution in [2.75, 3.05) is 12.0 Å². The van der Waals surface area contributed by atoms with E-state index in [0.29, 0.717) is 17.0 Å². The van der Waals surface area contributed by atoms with Crippen LogP contribution in [0.2, 0.25) is 0 Å². The number of ether oxygens (including phenoxy) is 1. The molecule has 0 radical (unpaired) electrons. The molecular weight excluding hydrogens is 354 g/mol. The molecule has 2 aliphatic heterocycles. The third-order valence-electron chi connectivity index (χ3n) is 4.52. The van der Waals surface area contributed by atoms with Crippen LogP contribution in [0.4, 0.5) is 11.4 Å². The van der Waals surface area contributed by atoms with Crippen LogP contribution in [0, 0.1) is 16.0 Å². The van der Waals surface area contributed by atoms with Gasteiger partial charge in [-0.3, -0.25) is 19.7 Å². The average molecular weight is 367 g/mol. The molecule has 2 amide bonds. The Morgan fingerprint density at radius 3 is 2.33 bits per heavy atom. The van der Waals surface area contributed by atoms with Gasteiger partial charge in [0, 0.05) is 17.7 Å². The molecule has 27 heavy (non-hydrogen) atoms. The van der Waals surface area contributed by atoms with E-state index in [0.717, 1.165) is 4.90 Å². The second kappa shape index (κ2) is 6.20. The number of carbonyl (C=O) groups is 2. The Morgan fingerprint density at radius 1 is 1.07 bits per heavy atom. The number of non-ortho nitro benzene ring substituents is 1. The largest absolute Gasteiger partial charge is 0.497 e. The normalized spacial score (nSPS) is 20.9. The lowest BCUT2D eigenvalue weighted by Gasteiger charge is -2.15. The van der Waals surface area contributed by atoms with E-state index in [1.54, 1.807) is 24.3 Å². The highest BCUT2D eigenvalue weighted by Gasteiger charge is 2.56. The lowest BCUT2D eigenvalue weighted by molar-refractivity contribution is -0.384. The molecule has 136 valence electrons. The van der Waals surface area contributed by atoms with Gasteiger partial charge in [-0.2, -0.15) is 0 Å². The van der Waals surface area contributed by atoms with Crippen LogP contribution < -0.4 is 9.64 Å². The second-order valence-corrected chi connectivity index (χ2v) is 5.99. The molecule has 0 N–H and O–H groups in total. The second-order valence-electron chi connectivity index (χ2n) is 5.99. The third kappa shape index (κ3) is 2.60. The van der Waals surface area contributed by atoms with Crippen LogP contribution >= 0.6 is 0 Å². The fraction of sp³-hybridized carbons (Fsp3) is 0.167. The van der Waals surface area contributed by atoms with Crippen LogP contribution in [0.25, 0.3) is 0 Å². The van der Waals surface area contributed by atoms with E-state index in [4.69, 9.17) is 9.57 Å². The van der Waals surface area contributed by atoms with E-state index in [1.807, 2.05) is 0 Å². The highest BCUT2D eigenvalue weighted by Crippen LogP contribution is 2.35. The monoisotopic (exact) mass is 367 g/mol. The maximum absolute atomic E-state index is 12.9. The number of nitro benzene ring substituents is 1. The molecule has 0 saturated carbocycles. The Labute approximate surface area is 152 Å². The van der Waals surface area contributed by atoms with Crippen molar-refractivity contribution in [1.82, 2.24) is 0 Å². The first-order valence-electron chi connectivity index (χ1n) is 8.01. The standard InChI is InChI=1S/C18H13N3O6/c1-26-13-8-6-11(7-9-13)20-17(22)14-15(19-27-16(14)18(20)23)10-2-4-12(5-3-10)21(24)25/h2-9,14,16H,1H3/t14-,16-/m0/s1. The van der Waals surface area contributed by atoms with Gasteiger partial charge >= 0.3 is 0 Å². The van der Waals surface area contributed by atoms with Crippen molar-refractivity contribution in [2.45, 2.75) is 6.10 Å². The molecule has 4 rings (SSSR count). The van der Waals surface area contributed by atoms with E-state index in [9.17, 15) is 19.7 Å². The van der Waals surface area contributed by atoms with Crippen molar-refractivity contribution in [1.29, 1.82) is 0 Å². The molecular formula is C18H13N3O6. The summed E-state index contributed by atoms with van der Waals surface area (Å²) in [5.41, 5.74) is 1.10. The quantitative estimate of drug-likeness (QED) is 0.463. The lowest BCUT2D eigenvalue weighted by Crippen LogP contribution is -2.33. The number of hydrogen-bond acceptors (Lipinski definition) is 7. The van der Waals surface area contributed by atoms with E-state index in [-0.39, 0.29) is 11.4 Å². The molecule has 0 aliphatic carbocycles. The molecule has 2 aromatic rings. The minimum absolute atomic E-state index is 0.0801. The first kappa shape index (κ1) is 16.7. The zero-order chi connectivity index (χ0) is 19.1. The molecule has 0 aromatic heterocycles. The first-order valence-corrected chi connectivity index (χ1v) is 8.01. The number of anilines is 1. The summed E-state index contributed by atoms with van der Waals surface area (Å²) in [5.74, 6) is -1.25. The number of rotatable bonds is 4. The summed E-state index contributed by atoms with van der Waals surface area (Å²) >= 11 is 0. The molecule has 1 fully saturated rings. The van der Waals surface area contributed by atoms with E-state index in [2.05, 4.69) is 5.16 Å². The van der Waals surface area contributed by atoms with Crippen molar-refractivity contribution < 1.29 is 24.1 Å². The number of carbonyl (C=O) groups excluding carboxylic acids is 2. The molecule has 0 unspecified atom stereocenters. The van der Waals surface area contributed by atoms with Gasteiger partial charge in [0.2, 0.25) is 12.0 Å². The Bertz CT molecular complexity index is 968. The fourth-order valence-corrected chi connectivity index (χ4v) is 3.16. The van der Waals surface area contributed by atoms with Crippen LogP contribution in [0.5, 0.6) is 5.75 Å². The summed E-state index contributed by atoms with van der Waals surface area (Å²) in [4.78, 5) is 42.1. The molecule has 1 saturated heterocycles. The number of methoxy groups -OCH3 is 1. The summed E-state index contributed by atoms with van der Waals surface area (Å²) in [7, 11) is 1.52. The number of imide groups is 1. The Hall–Kier alpha value is -3.75. The molecule has 2 aromatic carbocycles. The summed E-state index contributed by atoms with van der Waals surface area (Å²) in [6.45, 7) is 0. The third-order valence-corrected chi connectivity index (χ3v) is 4.52. The zero-order valence-electron chi connectivity index (χ0n) is 14.1. The van der Waals surface area contributed by atoms with Crippen LogP contribution in [-0.4, -0.2) is 35.7 Å². The Balaban J connectivity index is 1.64. The molecule has 9 heteroatoms. The first-order chi connectivity index (χ1) is 13.0. The molecule has 2 atom stereocenters. The molecule has 0 spiro atoms. The van der Waals surface area contributed by atoms with Gasteiger partial charge in [0.25, 0.3) is 11.6 Å². The smallest absolute Gasteiger partial charge is 0.278 e. The van der Waals surface area contributed by atoms with Crippen LogP contribution in [0.15, 0.2) is 53.7 Å². The summed E-state index contributed by atoms with van der Waals surface area (Å²) in [6, 6.07) is 12.1. The van der Waals surface area contributed by atoms with Gasteiger partial charge in [-0.15, -0.1) is 0 Å². The number of fused-ring (bicyclic) bond motifs is 1. The van der Waals surface area contributed by atoms with E-state index < -0.39 is 28.8 Å². The minimum Gasteiger partial charge on any atom is -0.497 e. The number of nitro groups is 1. The Morgan fingerprint density at radius 2 is 1.74 bits per heavy atom. The SMILES string of the molecule is COc1ccc(N2C(=O)[C@H]3C(c4ccc([N+](=O)[O-])cc4)=NO[C@@H]3C2=O)cc1. The number of amides is 2. The van der Waals surface area contributed by atoms with Gasteiger partial charge in [-0.05, 0) is 36.4 Å². The Kier molecular flexibility index (Phi) is 3.84. The number of nitrogens with zero attached hydrogens (tertiary/aromatic N) is 3. The highest BCUT2D eigenvalue weighted by atomic mass is 16.7. The summed E-state index contributed by atoms with van der Waals surface area (Å²) in [6.07, 6.45) is -1.04. The predicted octanol–water partition coefficient (Wildman–Crippen LogP) is 1.90. The number of hydrogen-bond donors (Lipinski definition) is 0. The van der Waals surface area contributed by atoms with Crippen molar-refractivity contribution in [3.05, 3.63) is 64.2 Å². The van der Waals surface area contributed by atoms with Crippen molar-refractivity contribution in [3.8, 4) is 5.75 Å². The van der Waals surface area contributed by atoms with E-state index in [1.165, 1.54) is 31.4 Å². The van der Waals surface area contributed by atoms with Gasteiger partial charge in [0.15, 0.2) is 0 Å². The van der Waals surface area contributed by atoms with Crippen molar-refractivity contribution in [2.24, 2.45) is 11.1 Å². The average Bonchev–Trinajstić information content (AvgIpc) is 3.22. The molecule has 0 bridgehead atoms. The van der Waals surface area contributed by atoms with Crippen LogP contribution in [0.1, 0.15) is 5.56 Å². The maximum Gasteiger partial charge on any atom is 0.278 e. The highest BCUT2D eigenvalue weighted by molar-refractivity contribution is 6.32. The van der Waals surface area contributed by atoms with Crippen LogP contribution in [-0.2, 0) is 14.4 Å². The minimum atomic E-state index is -1.04. The predicted molar refractivity (Wildman–Crippen MR) is 93.5 cm³/mol.